The van der Waals surface area contributed by atoms with E-state index in [0.29, 0.717) is 0 Å². The molecule has 4 rings (SSSR count). The highest BCUT2D eigenvalue weighted by Crippen LogP contribution is 2.38. The van der Waals surface area contributed by atoms with Gasteiger partial charge in [0.25, 0.3) is 0 Å². The summed E-state index contributed by atoms with van der Waals surface area (Å²) in [7, 11) is 0. The summed E-state index contributed by atoms with van der Waals surface area (Å²) in [6.45, 7) is 2.37. The Morgan fingerprint density at radius 1 is 1.11 bits per heavy atom. The molecule has 0 aromatic carbocycles. The van der Waals surface area contributed by atoms with Gasteiger partial charge in [-0.25, -0.2) is 9.97 Å². The third kappa shape index (κ3) is 2.02. The number of aromatic nitrogens is 2. The molecule has 0 N–H and O–H groups in total. The van der Waals surface area contributed by atoms with E-state index in [1.54, 1.807) is 17.7 Å². The van der Waals surface area contributed by atoms with Crippen LogP contribution in [0.15, 0.2) is 17.8 Å². The van der Waals surface area contributed by atoms with E-state index in [9.17, 15) is 0 Å². The lowest BCUT2D eigenvalue weighted by molar-refractivity contribution is 0.202. The largest absolute Gasteiger partial charge is 0.356 e. The molecule has 2 fully saturated rings. The lowest BCUT2D eigenvalue weighted by atomic mass is 9.75. The predicted molar refractivity (Wildman–Crippen MR) is 79.7 cm³/mol. The van der Waals surface area contributed by atoms with Crippen LogP contribution in [-0.4, -0.2) is 23.1 Å². The van der Waals surface area contributed by atoms with Crippen molar-refractivity contribution in [1.29, 1.82) is 0 Å². The Kier molecular flexibility index (Phi) is 2.91. The Bertz CT molecular complexity index is 580. The fourth-order valence-electron chi connectivity index (χ4n) is 3.82. The summed E-state index contributed by atoms with van der Waals surface area (Å²) < 4.78 is 0. The van der Waals surface area contributed by atoms with Crippen LogP contribution in [0.4, 0.5) is 5.82 Å². The Balaban J connectivity index is 1.64. The molecular weight excluding hydrogens is 254 g/mol. The van der Waals surface area contributed by atoms with Crippen molar-refractivity contribution < 1.29 is 0 Å². The van der Waals surface area contributed by atoms with Crippen molar-refractivity contribution in [2.45, 2.75) is 32.1 Å². The standard InChI is InChI=1S/C15H19N3S/c1-2-4-12-9-18(7-5-11(12)3-1)14-13-6-8-19-15(13)17-10-16-14/h6,8,10-12H,1-5,7,9H2/t11-,12+/m0/s1. The maximum atomic E-state index is 4.56. The summed E-state index contributed by atoms with van der Waals surface area (Å²) in [5.41, 5.74) is 0. The Morgan fingerprint density at radius 2 is 2.00 bits per heavy atom. The van der Waals surface area contributed by atoms with Gasteiger partial charge in [0.2, 0.25) is 0 Å². The molecule has 0 unspecified atom stereocenters. The SMILES string of the molecule is c1nc(N2CC[C@@H]3CCCC[C@@H]3C2)c2ccsc2n1. The molecule has 1 saturated carbocycles. The summed E-state index contributed by atoms with van der Waals surface area (Å²) >= 11 is 1.71. The van der Waals surface area contributed by atoms with Crippen LogP contribution in [0.2, 0.25) is 0 Å². The van der Waals surface area contributed by atoms with Crippen molar-refractivity contribution in [1.82, 2.24) is 9.97 Å². The van der Waals surface area contributed by atoms with Gasteiger partial charge in [0.05, 0.1) is 5.39 Å². The highest BCUT2D eigenvalue weighted by molar-refractivity contribution is 7.16. The molecule has 0 spiro atoms. The van der Waals surface area contributed by atoms with Crippen molar-refractivity contribution in [3.63, 3.8) is 0 Å². The van der Waals surface area contributed by atoms with Crippen molar-refractivity contribution in [2.24, 2.45) is 11.8 Å². The van der Waals surface area contributed by atoms with E-state index in [1.165, 1.54) is 50.6 Å². The first-order valence-corrected chi connectivity index (χ1v) is 8.23. The highest BCUT2D eigenvalue weighted by atomic mass is 32.1. The number of nitrogens with zero attached hydrogens (tertiary/aromatic N) is 3. The molecule has 2 atom stereocenters. The minimum atomic E-state index is 0.895. The van der Waals surface area contributed by atoms with Gasteiger partial charge in [0.15, 0.2) is 0 Å². The first-order valence-electron chi connectivity index (χ1n) is 7.35. The van der Waals surface area contributed by atoms with E-state index in [-0.39, 0.29) is 0 Å². The zero-order chi connectivity index (χ0) is 12.7. The summed E-state index contributed by atoms with van der Waals surface area (Å²) in [6, 6.07) is 2.17. The Labute approximate surface area is 117 Å². The second kappa shape index (κ2) is 4.75. The normalized spacial score (nSPS) is 27.5. The van der Waals surface area contributed by atoms with Gasteiger partial charge >= 0.3 is 0 Å². The smallest absolute Gasteiger partial charge is 0.140 e. The van der Waals surface area contributed by atoms with Crippen LogP contribution in [0.25, 0.3) is 10.2 Å². The summed E-state index contributed by atoms with van der Waals surface area (Å²) in [6.07, 6.45) is 8.81. The maximum absolute atomic E-state index is 4.56. The molecule has 0 bridgehead atoms. The van der Waals surface area contributed by atoms with Gasteiger partial charge in [-0.2, -0.15) is 0 Å². The Morgan fingerprint density at radius 3 is 2.95 bits per heavy atom. The van der Waals surface area contributed by atoms with Crippen LogP contribution < -0.4 is 4.90 Å². The van der Waals surface area contributed by atoms with Gasteiger partial charge in [-0.3, -0.25) is 0 Å². The maximum Gasteiger partial charge on any atom is 0.140 e. The van der Waals surface area contributed by atoms with Gasteiger partial charge < -0.3 is 4.90 Å². The van der Waals surface area contributed by atoms with Crippen molar-refractivity contribution in [3.05, 3.63) is 17.8 Å². The molecule has 2 aliphatic rings. The third-order valence-electron chi connectivity index (χ3n) is 4.83. The first kappa shape index (κ1) is 11.6. The molecule has 1 aliphatic carbocycles. The van der Waals surface area contributed by atoms with E-state index in [2.05, 4.69) is 26.3 Å². The van der Waals surface area contributed by atoms with E-state index in [4.69, 9.17) is 0 Å². The van der Waals surface area contributed by atoms with Crippen molar-refractivity contribution in [2.75, 3.05) is 18.0 Å². The van der Waals surface area contributed by atoms with Crippen LogP contribution >= 0.6 is 11.3 Å². The zero-order valence-corrected chi connectivity index (χ0v) is 11.9. The number of thiophene rings is 1. The minimum absolute atomic E-state index is 0.895. The quantitative estimate of drug-likeness (QED) is 0.793. The summed E-state index contributed by atoms with van der Waals surface area (Å²) in [5, 5.41) is 3.36. The van der Waals surface area contributed by atoms with Crippen LogP contribution in [0, 0.1) is 11.8 Å². The molecule has 0 radical (unpaired) electrons. The molecule has 0 amide bonds. The van der Waals surface area contributed by atoms with Crippen molar-refractivity contribution in [3.8, 4) is 0 Å². The molecule has 1 aliphatic heterocycles. The first-order chi connectivity index (χ1) is 9.42. The van der Waals surface area contributed by atoms with E-state index >= 15 is 0 Å². The second-order valence-corrected chi connectivity index (χ2v) is 6.77. The predicted octanol–water partition coefficient (Wildman–Crippen LogP) is 3.71. The average Bonchev–Trinajstić information content (AvgIpc) is 2.95. The zero-order valence-electron chi connectivity index (χ0n) is 11.1. The minimum Gasteiger partial charge on any atom is -0.356 e. The summed E-state index contributed by atoms with van der Waals surface area (Å²) in [4.78, 5) is 12.5. The fraction of sp³-hybridized carbons (Fsp3) is 0.600. The molecule has 19 heavy (non-hydrogen) atoms. The lowest BCUT2D eigenvalue weighted by Gasteiger charge is -2.41. The van der Waals surface area contributed by atoms with Crippen LogP contribution in [0.5, 0.6) is 0 Å². The third-order valence-corrected chi connectivity index (χ3v) is 5.65. The number of hydrogen-bond acceptors (Lipinski definition) is 4. The molecular formula is C15H19N3S. The average molecular weight is 273 g/mol. The number of piperidine rings is 1. The van der Waals surface area contributed by atoms with Gasteiger partial charge in [0.1, 0.15) is 17.0 Å². The lowest BCUT2D eigenvalue weighted by Crippen LogP contribution is -2.42. The highest BCUT2D eigenvalue weighted by Gasteiger charge is 2.32. The van der Waals surface area contributed by atoms with Gasteiger partial charge in [-0.15, -0.1) is 11.3 Å². The molecule has 3 nitrogen and oxygen atoms in total. The second-order valence-electron chi connectivity index (χ2n) is 5.88. The Hall–Kier alpha value is -1.16. The molecule has 3 heterocycles. The van der Waals surface area contributed by atoms with E-state index < -0.39 is 0 Å². The molecule has 100 valence electrons. The van der Waals surface area contributed by atoms with Gasteiger partial charge in [-0.1, -0.05) is 19.3 Å². The monoisotopic (exact) mass is 273 g/mol. The summed E-state index contributed by atoms with van der Waals surface area (Å²) in [5.74, 6) is 3.03. The van der Waals surface area contributed by atoms with Crippen LogP contribution in [-0.2, 0) is 0 Å². The van der Waals surface area contributed by atoms with Gasteiger partial charge in [-0.05, 0) is 36.1 Å². The van der Waals surface area contributed by atoms with E-state index in [1.807, 2.05) is 0 Å². The topological polar surface area (TPSA) is 29.0 Å². The van der Waals surface area contributed by atoms with E-state index in [0.717, 1.165) is 22.5 Å². The fourth-order valence-corrected chi connectivity index (χ4v) is 4.55. The molecule has 1 saturated heterocycles. The number of rotatable bonds is 1. The molecule has 4 heteroatoms. The molecule has 2 aromatic heterocycles. The molecule has 2 aromatic rings. The van der Waals surface area contributed by atoms with Crippen molar-refractivity contribution >= 4 is 27.4 Å². The van der Waals surface area contributed by atoms with Crippen LogP contribution in [0.3, 0.4) is 0 Å². The number of hydrogen-bond donors (Lipinski definition) is 0. The number of fused-ring (bicyclic) bond motifs is 2. The van der Waals surface area contributed by atoms with Gasteiger partial charge in [0, 0.05) is 13.1 Å². The number of anilines is 1. The van der Waals surface area contributed by atoms with Crippen LogP contribution in [0.1, 0.15) is 32.1 Å².